The molecule has 0 saturated heterocycles. The molecule has 0 fully saturated rings. The summed E-state index contributed by atoms with van der Waals surface area (Å²) in [5, 5.41) is 0. The van der Waals surface area contributed by atoms with Crippen molar-refractivity contribution in [2.45, 2.75) is 27.2 Å². The lowest BCUT2D eigenvalue weighted by atomic mass is 9.96. The molecular formula is C30H33N3O4. The van der Waals surface area contributed by atoms with Gasteiger partial charge < -0.3 is 24.7 Å². The Morgan fingerprint density at radius 1 is 0.730 bits per heavy atom. The fraction of sp³-hybridized carbons (Fsp3) is 0.267. The number of ether oxygens (including phenoxy) is 4. The average Bonchev–Trinajstić information content (AvgIpc) is 2.90. The number of rotatable bonds is 10. The summed E-state index contributed by atoms with van der Waals surface area (Å²) in [6.45, 7) is 7.08. The second-order valence-electron chi connectivity index (χ2n) is 8.54. The zero-order valence-corrected chi connectivity index (χ0v) is 22.0. The molecule has 0 aliphatic heterocycles. The number of aryl methyl sites for hydroxylation is 1. The van der Waals surface area contributed by atoms with E-state index in [1.807, 2.05) is 62.4 Å². The number of nitrogen functional groups attached to an aromatic ring is 1. The number of anilines is 1. The molecule has 7 nitrogen and oxygen atoms in total. The van der Waals surface area contributed by atoms with Crippen molar-refractivity contribution in [3.8, 4) is 45.8 Å². The van der Waals surface area contributed by atoms with E-state index in [0.717, 1.165) is 50.7 Å². The van der Waals surface area contributed by atoms with Crippen LogP contribution in [0.5, 0.6) is 23.3 Å². The number of hydrogen-bond donors (Lipinski definition) is 1. The number of methoxy groups -OCH3 is 2. The molecule has 2 aromatic heterocycles. The first kappa shape index (κ1) is 25.8. The number of aromatic nitrogens is 2. The van der Waals surface area contributed by atoms with Gasteiger partial charge in [-0.15, -0.1) is 0 Å². The Morgan fingerprint density at radius 3 is 2.22 bits per heavy atom. The molecule has 0 amide bonds. The van der Waals surface area contributed by atoms with E-state index in [-0.39, 0.29) is 0 Å². The van der Waals surface area contributed by atoms with Gasteiger partial charge in [0.2, 0.25) is 11.8 Å². The van der Waals surface area contributed by atoms with Crippen LogP contribution < -0.4 is 24.7 Å². The zero-order valence-electron chi connectivity index (χ0n) is 22.0. The summed E-state index contributed by atoms with van der Waals surface area (Å²) in [6, 6.07) is 19.8. The first-order valence-electron chi connectivity index (χ1n) is 12.3. The Balaban J connectivity index is 1.81. The number of hydrogen-bond acceptors (Lipinski definition) is 7. The van der Waals surface area contributed by atoms with Crippen molar-refractivity contribution in [3.63, 3.8) is 0 Å². The van der Waals surface area contributed by atoms with Crippen LogP contribution in [0.1, 0.15) is 30.5 Å². The van der Waals surface area contributed by atoms with Crippen molar-refractivity contribution in [1.82, 2.24) is 9.97 Å². The maximum absolute atomic E-state index is 6.03. The van der Waals surface area contributed by atoms with Crippen LogP contribution in [0.25, 0.3) is 22.5 Å². The van der Waals surface area contributed by atoms with Crippen molar-refractivity contribution >= 4 is 5.69 Å². The van der Waals surface area contributed by atoms with E-state index in [1.165, 1.54) is 0 Å². The van der Waals surface area contributed by atoms with Gasteiger partial charge in [-0.05, 0) is 86.3 Å². The van der Waals surface area contributed by atoms with Crippen LogP contribution in [0.4, 0.5) is 5.69 Å². The highest BCUT2D eigenvalue weighted by Gasteiger charge is 2.15. The van der Waals surface area contributed by atoms with Gasteiger partial charge in [-0.1, -0.05) is 12.1 Å². The van der Waals surface area contributed by atoms with Crippen LogP contribution >= 0.6 is 0 Å². The summed E-state index contributed by atoms with van der Waals surface area (Å²) in [4.78, 5) is 9.44. The lowest BCUT2D eigenvalue weighted by Crippen LogP contribution is -2.02. The van der Waals surface area contributed by atoms with Gasteiger partial charge in [-0.25, -0.2) is 9.97 Å². The topological polar surface area (TPSA) is 88.7 Å². The van der Waals surface area contributed by atoms with E-state index in [9.17, 15) is 0 Å². The first-order valence-corrected chi connectivity index (χ1v) is 12.3. The molecule has 0 atom stereocenters. The number of pyridine rings is 2. The maximum Gasteiger partial charge on any atom is 0.237 e. The SMILES string of the molecule is CCOc1ccc(Cc2cc(OCC)nc(-c3cc(OC)ccc3C)c2)c(-c2ccc(N)c(OC)n2)c1. The molecule has 4 aromatic rings. The second kappa shape index (κ2) is 11.6. The van der Waals surface area contributed by atoms with Crippen LogP contribution in [0.15, 0.2) is 60.7 Å². The van der Waals surface area contributed by atoms with E-state index in [2.05, 4.69) is 24.0 Å². The van der Waals surface area contributed by atoms with E-state index >= 15 is 0 Å². The van der Waals surface area contributed by atoms with Crippen LogP contribution in [0.2, 0.25) is 0 Å². The Hall–Kier alpha value is -4.26. The van der Waals surface area contributed by atoms with Gasteiger partial charge in [-0.3, -0.25) is 0 Å². The van der Waals surface area contributed by atoms with Crippen LogP contribution in [0.3, 0.4) is 0 Å². The van der Waals surface area contributed by atoms with Crippen molar-refractivity contribution in [2.24, 2.45) is 0 Å². The highest BCUT2D eigenvalue weighted by atomic mass is 16.5. The quantitative estimate of drug-likeness (QED) is 0.282. The van der Waals surface area contributed by atoms with Crippen molar-refractivity contribution < 1.29 is 18.9 Å². The lowest BCUT2D eigenvalue weighted by Gasteiger charge is -2.15. The molecule has 4 rings (SSSR count). The van der Waals surface area contributed by atoms with Gasteiger partial charge in [0.05, 0.1) is 44.5 Å². The van der Waals surface area contributed by atoms with Gasteiger partial charge in [0.25, 0.3) is 0 Å². The van der Waals surface area contributed by atoms with Gasteiger partial charge >= 0.3 is 0 Å². The molecule has 0 aliphatic carbocycles. The van der Waals surface area contributed by atoms with E-state index in [0.29, 0.717) is 37.1 Å². The van der Waals surface area contributed by atoms with E-state index in [4.69, 9.17) is 29.7 Å². The van der Waals surface area contributed by atoms with E-state index in [1.54, 1.807) is 14.2 Å². The van der Waals surface area contributed by atoms with E-state index < -0.39 is 0 Å². The third-order valence-corrected chi connectivity index (χ3v) is 6.02. The molecule has 0 saturated carbocycles. The van der Waals surface area contributed by atoms with Gasteiger partial charge in [0.15, 0.2) is 0 Å². The summed E-state index contributed by atoms with van der Waals surface area (Å²) in [5.74, 6) is 2.53. The monoisotopic (exact) mass is 499 g/mol. The number of nitrogens with two attached hydrogens (primary N) is 1. The third-order valence-electron chi connectivity index (χ3n) is 6.02. The third kappa shape index (κ3) is 5.94. The molecule has 0 aliphatic rings. The molecule has 2 N–H and O–H groups in total. The summed E-state index contributed by atoms with van der Waals surface area (Å²) >= 11 is 0. The largest absolute Gasteiger partial charge is 0.497 e. The molecule has 2 heterocycles. The molecule has 2 aromatic carbocycles. The Labute approximate surface area is 218 Å². The molecule has 0 radical (unpaired) electrons. The average molecular weight is 500 g/mol. The Morgan fingerprint density at radius 2 is 1.49 bits per heavy atom. The van der Waals surface area contributed by atoms with Crippen LogP contribution in [-0.2, 0) is 6.42 Å². The minimum atomic E-state index is 0.392. The van der Waals surface area contributed by atoms with Crippen LogP contribution in [-0.4, -0.2) is 37.4 Å². The van der Waals surface area contributed by atoms with Crippen molar-refractivity contribution in [1.29, 1.82) is 0 Å². The number of benzene rings is 2. The fourth-order valence-corrected chi connectivity index (χ4v) is 4.21. The Kier molecular flexibility index (Phi) is 8.13. The van der Waals surface area contributed by atoms with Gasteiger partial charge in [-0.2, -0.15) is 0 Å². The summed E-state index contributed by atoms with van der Waals surface area (Å²) < 4.78 is 22.5. The number of nitrogens with zero attached hydrogens (tertiary/aromatic N) is 2. The highest BCUT2D eigenvalue weighted by Crippen LogP contribution is 2.34. The summed E-state index contributed by atoms with van der Waals surface area (Å²) in [6.07, 6.45) is 0.634. The smallest absolute Gasteiger partial charge is 0.237 e. The lowest BCUT2D eigenvalue weighted by molar-refractivity contribution is 0.327. The summed E-state index contributed by atoms with van der Waals surface area (Å²) in [5.41, 5.74) is 13.3. The molecule has 37 heavy (non-hydrogen) atoms. The predicted molar refractivity (Wildman–Crippen MR) is 147 cm³/mol. The molecule has 0 unspecified atom stereocenters. The molecule has 0 spiro atoms. The normalized spacial score (nSPS) is 10.7. The highest BCUT2D eigenvalue weighted by molar-refractivity contribution is 5.70. The second-order valence-corrected chi connectivity index (χ2v) is 8.54. The predicted octanol–water partition coefficient (Wildman–Crippen LogP) is 6.11. The standard InChI is InChI=1S/C30H33N3O4/c1-6-36-23-11-9-21(25(18-23)27-13-12-26(31)30(33-27)35-5)14-20-15-28(32-29(16-20)37-7-2)24-17-22(34-4)10-8-19(24)3/h8-13,15-18H,6-7,14,31H2,1-5H3. The van der Waals surface area contributed by atoms with Crippen molar-refractivity contribution in [2.75, 3.05) is 33.2 Å². The molecule has 0 bridgehead atoms. The maximum atomic E-state index is 6.03. The summed E-state index contributed by atoms with van der Waals surface area (Å²) in [7, 11) is 3.23. The molecular weight excluding hydrogens is 466 g/mol. The van der Waals surface area contributed by atoms with Crippen LogP contribution in [0, 0.1) is 6.92 Å². The fourth-order valence-electron chi connectivity index (χ4n) is 4.21. The van der Waals surface area contributed by atoms with Crippen molar-refractivity contribution in [3.05, 3.63) is 77.4 Å². The molecule has 7 heteroatoms. The molecule has 192 valence electrons. The Bertz CT molecular complexity index is 1390. The minimum Gasteiger partial charge on any atom is -0.497 e. The first-order chi connectivity index (χ1) is 17.9. The van der Waals surface area contributed by atoms with Gasteiger partial charge in [0.1, 0.15) is 11.5 Å². The zero-order chi connectivity index (χ0) is 26.4. The van der Waals surface area contributed by atoms with Gasteiger partial charge in [0, 0.05) is 17.2 Å². The minimum absolute atomic E-state index is 0.392.